The molecule has 22 heteroatoms. The van der Waals surface area contributed by atoms with Gasteiger partial charge in [-0.15, -0.1) is 0 Å². The predicted molar refractivity (Wildman–Crippen MR) is 260 cm³/mol. The summed E-state index contributed by atoms with van der Waals surface area (Å²) in [5.41, 5.74) is 1.21. The summed E-state index contributed by atoms with van der Waals surface area (Å²) in [6.07, 6.45) is -16.5. The zero-order chi connectivity index (χ0) is 54.5. The highest BCUT2D eigenvalue weighted by Gasteiger charge is 2.62. The second-order valence-electron chi connectivity index (χ2n) is 23.9. The molecule has 8 aliphatic rings. The van der Waals surface area contributed by atoms with Crippen LogP contribution in [0.25, 0.3) is 0 Å². The highest BCUT2D eigenvalue weighted by molar-refractivity contribution is 5.26. The number of hydrogen-bond donors (Lipinski definition) is 12. The minimum Gasteiger partial charge on any atom is -0.394 e. The van der Waals surface area contributed by atoms with Crippen LogP contribution in [0.5, 0.6) is 0 Å². The van der Waals surface area contributed by atoms with Crippen LogP contribution in [-0.4, -0.2) is 230 Å². The monoisotopic (exact) mass is 1080 g/mol. The number of methoxy groups -OCH3 is 1. The molecule has 29 atom stereocenters. The lowest BCUT2D eigenvalue weighted by Gasteiger charge is -2.58. The summed E-state index contributed by atoms with van der Waals surface area (Å²) >= 11 is 0. The van der Waals surface area contributed by atoms with Gasteiger partial charge in [0.15, 0.2) is 30.9 Å². The third kappa shape index (κ3) is 12.0. The van der Waals surface area contributed by atoms with E-state index < -0.39 is 148 Å². The summed E-state index contributed by atoms with van der Waals surface area (Å²) in [4.78, 5) is 0. The molecule has 22 nitrogen and oxygen atoms in total. The van der Waals surface area contributed by atoms with Gasteiger partial charge < -0.3 is 109 Å². The topological polar surface area (TPSA) is 335 Å². The van der Waals surface area contributed by atoms with E-state index in [1.807, 2.05) is 13.8 Å². The third-order valence-electron chi connectivity index (χ3n) is 19.3. The lowest BCUT2D eigenvalue weighted by atomic mass is 9.47. The van der Waals surface area contributed by atoms with E-state index >= 15 is 0 Å². The average Bonchev–Trinajstić information content (AvgIpc) is 3.68. The van der Waals surface area contributed by atoms with Crippen molar-refractivity contribution in [2.24, 2.45) is 40.4 Å². The normalized spacial score (nSPS) is 50.5. The zero-order valence-corrected chi connectivity index (χ0v) is 44.6. The molecule has 75 heavy (non-hydrogen) atoms. The summed E-state index contributed by atoms with van der Waals surface area (Å²) in [5.74, 6) is 0.629. The van der Waals surface area contributed by atoms with Gasteiger partial charge in [-0.1, -0.05) is 45.8 Å². The number of fused-ring (bicyclic) bond motifs is 5. The minimum atomic E-state index is -1.74. The Balaban J connectivity index is 0.941. The first-order chi connectivity index (χ1) is 35.5. The van der Waals surface area contributed by atoms with E-state index in [0.717, 1.165) is 38.5 Å². The molecule has 0 aromatic heterocycles. The van der Waals surface area contributed by atoms with E-state index in [0.29, 0.717) is 49.4 Å². The number of hydrogen-bond acceptors (Lipinski definition) is 22. The maximum absolute atomic E-state index is 11.7. The lowest BCUT2D eigenvalue weighted by Crippen LogP contribution is -2.66. The quantitative estimate of drug-likeness (QED) is 0.0571. The Labute approximate surface area is 440 Å². The summed E-state index contributed by atoms with van der Waals surface area (Å²) in [7, 11) is 1.67. The van der Waals surface area contributed by atoms with Crippen LogP contribution in [0.2, 0.25) is 0 Å². The molecule has 3 saturated carbocycles. The van der Waals surface area contributed by atoms with Crippen molar-refractivity contribution >= 4 is 0 Å². The van der Waals surface area contributed by atoms with Crippen molar-refractivity contribution in [3.63, 3.8) is 0 Å². The van der Waals surface area contributed by atoms with Gasteiger partial charge in [-0.3, -0.25) is 0 Å². The standard InChI is InChI=1S/C53H90O22/c1-8-29-33(75-53(6,66-7)16-11-24(2)23-67-48-44(64)43(63)40(60)35(21-55)71-48)18-31-28-10-9-26-17-27(12-14-51(26,4)30(28)13-15-52(29,31)5)69-50-47(74-49-45(65)42(62)38(58)25(3)68-49)46(41(61)36(22-56)72-50)73-37-19-32(57)39(59)34(20-54)70-37/h9,24-25,27-50,54-65H,8,10-23H2,1-7H3/t24-,25?,27+,28-,29+,30+,31+,32-,33+,34?,35?,36?,37+,38+,39+,40-,41-,42?,43+,44?,45+,46+,47?,48-,49+,50-,51+,52-,53+/m1/s1. The van der Waals surface area contributed by atoms with Crippen molar-refractivity contribution in [1.29, 1.82) is 0 Å². The highest BCUT2D eigenvalue weighted by atomic mass is 16.8. The molecule has 0 bridgehead atoms. The van der Waals surface area contributed by atoms with Gasteiger partial charge in [-0.05, 0) is 106 Å². The fraction of sp³-hybridized carbons (Fsp3) is 0.962. The van der Waals surface area contributed by atoms with Crippen LogP contribution in [0.1, 0.15) is 112 Å². The van der Waals surface area contributed by atoms with Gasteiger partial charge in [0, 0.05) is 20.0 Å². The van der Waals surface area contributed by atoms with Crippen molar-refractivity contribution in [3.8, 4) is 0 Å². The Bertz CT molecular complexity index is 1870. The SMILES string of the molecule is CC[C@H]1[C@@H](O[C@@](C)(CC[C@@H](C)CO[C@@H]2OC(CO)[C@@H](O)[C@H](O)C2O)OC)C[C@H]2[C@@H]3CC=C4C[C@@H](O[C@@H]5OC(CO)[C@@H](O)[C@H](O[C@H]6C[C@@H](O)[C@H](O)C(CO)O6)C5O[C@@H]5OC(C)[C@H](O)C(O)[C@@H]5O)CC[C@]4(C)[C@H]3CC[C@@]21C. The Kier molecular flexibility index (Phi) is 19.6. The Morgan fingerprint density at radius 1 is 0.707 bits per heavy atom. The molecule has 0 radical (unpaired) electrons. The second-order valence-corrected chi connectivity index (χ2v) is 23.9. The molecule has 8 rings (SSSR count). The predicted octanol–water partition coefficient (Wildman–Crippen LogP) is -0.544. The maximum Gasteiger partial charge on any atom is 0.187 e. The van der Waals surface area contributed by atoms with E-state index in [2.05, 4.69) is 26.8 Å². The van der Waals surface area contributed by atoms with Crippen LogP contribution in [-0.2, 0) is 47.4 Å². The van der Waals surface area contributed by atoms with E-state index in [1.165, 1.54) is 12.5 Å². The molecule has 434 valence electrons. The van der Waals surface area contributed by atoms with Crippen LogP contribution in [0.4, 0.5) is 0 Å². The molecule has 4 saturated heterocycles. The molecule has 0 amide bonds. The fourth-order valence-corrected chi connectivity index (χ4v) is 14.5. The van der Waals surface area contributed by atoms with Gasteiger partial charge in [-0.25, -0.2) is 0 Å². The first kappa shape index (κ1) is 60.0. The maximum atomic E-state index is 11.7. The second kappa shape index (κ2) is 24.5. The van der Waals surface area contributed by atoms with Crippen LogP contribution in [0.15, 0.2) is 11.6 Å². The molecule has 12 N–H and O–H groups in total. The van der Waals surface area contributed by atoms with Crippen LogP contribution >= 0.6 is 0 Å². The van der Waals surface area contributed by atoms with Gasteiger partial charge in [0.05, 0.1) is 50.8 Å². The van der Waals surface area contributed by atoms with Gasteiger partial charge in [-0.2, -0.15) is 0 Å². The van der Waals surface area contributed by atoms with Gasteiger partial charge in [0.1, 0.15) is 79.4 Å². The van der Waals surface area contributed by atoms with Gasteiger partial charge >= 0.3 is 0 Å². The Hall–Kier alpha value is -1.14. The number of aliphatic hydroxyl groups is 12. The largest absolute Gasteiger partial charge is 0.394 e. The first-order valence-corrected chi connectivity index (χ1v) is 27.6. The van der Waals surface area contributed by atoms with E-state index in [1.54, 1.807) is 7.11 Å². The van der Waals surface area contributed by atoms with Crippen LogP contribution < -0.4 is 0 Å². The minimum absolute atomic E-state index is 0.0115. The summed E-state index contributed by atoms with van der Waals surface area (Å²) in [6.45, 7) is 10.9. The molecule has 7 fully saturated rings. The smallest absolute Gasteiger partial charge is 0.187 e. The first-order valence-electron chi connectivity index (χ1n) is 27.6. The van der Waals surface area contributed by atoms with Crippen molar-refractivity contribution in [1.82, 2.24) is 0 Å². The molecule has 0 aromatic rings. The van der Waals surface area contributed by atoms with Crippen LogP contribution in [0.3, 0.4) is 0 Å². The summed E-state index contributed by atoms with van der Waals surface area (Å²) in [5, 5.41) is 126. The zero-order valence-electron chi connectivity index (χ0n) is 44.6. The molecule has 4 heterocycles. The average molecular weight is 1080 g/mol. The number of rotatable bonds is 19. The molecular weight excluding hydrogens is 989 g/mol. The molecule has 0 spiro atoms. The van der Waals surface area contributed by atoms with Crippen molar-refractivity contribution in [2.45, 2.75) is 247 Å². The number of allylic oxidation sites excluding steroid dienone is 1. The lowest BCUT2D eigenvalue weighted by molar-refractivity contribution is -0.387. The van der Waals surface area contributed by atoms with Gasteiger partial charge in [0.2, 0.25) is 0 Å². The fourth-order valence-electron chi connectivity index (χ4n) is 14.5. The highest BCUT2D eigenvalue weighted by Crippen LogP contribution is 2.67. The Morgan fingerprint density at radius 3 is 2.04 bits per heavy atom. The summed E-state index contributed by atoms with van der Waals surface area (Å²) < 4.78 is 61.9. The molecule has 7 unspecified atom stereocenters. The molecule has 0 aromatic carbocycles. The van der Waals surface area contributed by atoms with Crippen molar-refractivity contribution in [3.05, 3.63) is 11.6 Å². The van der Waals surface area contributed by atoms with Crippen molar-refractivity contribution < 1.29 is 109 Å². The molecule has 4 aliphatic heterocycles. The summed E-state index contributed by atoms with van der Waals surface area (Å²) in [6, 6.07) is 0. The van der Waals surface area contributed by atoms with Crippen molar-refractivity contribution in [2.75, 3.05) is 33.5 Å². The van der Waals surface area contributed by atoms with E-state index in [4.69, 9.17) is 47.4 Å². The molecule has 4 aliphatic carbocycles. The molecular formula is C53H90O22. The van der Waals surface area contributed by atoms with Crippen LogP contribution in [0, 0.1) is 40.4 Å². The van der Waals surface area contributed by atoms with Gasteiger partial charge in [0.25, 0.3) is 0 Å². The third-order valence-corrected chi connectivity index (χ3v) is 19.3. The van der Waals surface area contributed by atoms with E-state index in [9.17, 15) is 61.3 Å². The number of aliphatic hydroxyl groups excluding tert-OH is 12. The number of ether oxygens (including phenoxy) is 10. The Morgan fingerprint density at radius 2 is 1.36 bits per heavy atom. The van der Waals surface area contributed by atoms with E-state index in [-0.39, 0.29) is 35.9 Å².